The lowest BCUT2D eigenvalue weighted by Gasteiger charge is -2.23. The van der Waals surface area contributed by atoms with E-state index in [-0.39, 0.29) is 64.0 Å². The molecule has 0 heterocycles. The maximum atomic E-state index is 12.1. The molecule has 0 saturated heterocycles. The van der Waals surface area contributed by atoms with Gasteiger partial charge in [-0.15, -0.1) is 30.1 Å². The van der Waals surface area contributed by atoms with E-state index in [9.17, 15) is 18.0 Å². The van der Waals surface area contributed by atoms with E-state index in [2.05, 4.69) is 90.6 Å². The Hall–Kier alpha value is -7.55. The molecule has 9 N–H and O–H groups in total. The maximum absolute atomic E-state index is 12.1. The molecule has 18 nitrogen and oxygen atoms in total. The third-order valence-corrected chi connectivity index (χ3v) is 17.2. The fourth-order valence-electron chi connectivity index (χ4n) is 7.63. The van der Waals surface area contributed by atoms with Crippen molar-refractivity contribution in [3.05, 3.63) is 176 Å². The molecule has 4 aromatic carbocycles. The van der Waals surface area contributed by atoms with Gasteiger partial charge in [0.15, 0.2) is 23.4 Å². The number of ether oxygens (including phenoxy) is 2. The molecule has 0 spiro atoms. The van der Waals surface area contributed by atoms with Crippen LogP contribution in [-0.2, 0) is 36.2 Å². The number of unbranched alkanes of at least 4 members (excludes halogenated alkanes) is 5. The Morgan fingerprint density at radius 3 is 1.42 bits per heavy atom. The Morgan fingerprint density at radius 1 is 0.606 bits per heavy atom. The zero-order valence-corrected chi connectivity index (χ0v) is 69.9. The van der Waals surface area contributed by atoms with Crippen LogP contribution in [0.3, 0.4) is 0 Å². The number of nitriles is 5. The summed E-state index contributed by atoms with van der Waals surface area (Å²) in [5, 5.41) is 62.3. The number of allylic oxidation sites excluding steroid dienone is 6. The normalized spacial score (nSPS) is 12.0. The molecule has 0 aromatic heterocycles. The Labute approximate surface area is 652 Å². The van der Waals surface area contributed by atoms with Gasteiger partial charge in [0.2, 0.25) is 11.6 Å². The monoisotopic (exact) mass is 1570 g/mol. The van der Waals surface area contributed by atoms with Gasteiger partial charge < -0.3 is 20.9 Å². The summed E-state index contributed by atoms with van der Waals surface area (Å²) in [4.78, 5) is 26.9. The zero-order valence-electron chi connectivity index (χ0n) is 65.0. The van der Waals surface area contributed by atoms with E-state index in [0.717, 1.165) is 123 Å². The molecule has 23 heteroatoms. The number of amidine groups is 1. The van der Waals surface area contributed by atoms with Gasteiger partial charge in [-0.1, -0.05) is 152 Å². The van der Waals surface area contributed by atoms with Crippen LogP contribution in [0.15, 0.2) is 136 Å². The maximum Gasteiger partial charge on any atom is 0.235 e. The van der Waals surface area contributed by atoms with Crippen LogP contribution >= 0.6 is 40.7 Å². The van der Waals surface area contributed by atoms with Crippen molar-refractivity contribution in [2.75, 3.05) is 13.2 Å². The van der Waals surface area contributed by atoms with Crippen molar-refractivity contribution in [2.45, 2.75) is 254 Å². The minimum absolute atomic E-state index is 0. The van der Waals surface area contributed by atoms with Crippen LogP contribution in [0.2, 0.25) is 0 Å². The van der Waals surface area contributed by atoms with Gasteiger partial charge >= 0.3 is 0 Å². The zero-order chi connectivity index (χ0) is 78.5. The molecule has 104 heavy (non-hydrogen) atoms. The van der Waals surface area contributed by atoms with Crippen molar-refractivity contribution in [2.24, 2.45) is 21.6 Å². The number of nitrogens with one attached hydrogen (secondary N) is 3. The lowest BCUT2D eigenvalue weighted by atomic mass is 10.0. The molecular weight excluding hydrogens is 1450 g/mol. The molecule has 5 rings (SSSR count). The predicted octanol–water partition coefficient (Wildman–Crippen LogP) is 20.7. The first-order valence-electron chi connectivity index (χ1n) is 35.3. The highest BCUT2D eigenvalue weighted by Gasteiger charge is 2.23. The average molecular weight is 1570 g/mol. The lowest BCUT2D eigenvalue weighted by molar-refractivity contribution is -0.115. The lowest BCUT2D eigenvalue weighted by Crippen LogP contribution is -2.35. The Balaban J connectivity index is -0.000000264. The van der Waals surface area contributed by atoms with Crippen molar-refractivity contribution < 1.29 is 27.5 Å². The van der Waals surface area contributed by atoms with Crippen LogP contribution in [-0.4, -0.2) is 60.3 Å². The number of carbonyl (C=O) groups excluding carboxylic acids is 2. The number of hydrogen-bond acceptors (Lipinski definition) is 15. The predicted molar refractivity (Wildman–Crippen MR) is 442 cm³/mol. The van der Waals surface area contributed by atoms with Crippen molar-refractivity contribution in [3.63, 3.8) is 0 Å². The first kappa shape index (κ1) is 107. The number of ketones is 2. The van der Waals surface area contributed by atoms with Crippen LogP contribution < -0.4 is 21.3 Å². The summed E-state index contributed by atoms with van der Waals surface area (Å²) in [5.74, 6) is 1.82. The molecule has 0 fully saturated rings. The van der Waals surface area contributed by atoms with E-state index in [4.69, 9.17) is 63.2 Å². The highest BCUT2D eigenvalue weighted by molar-refractivity contribution is 9.10. The number of Topliss-reactive ketones (excluding diaryl/α,β-unsaturated/α-hetero) is 2. The quantitative estimate of drug-likeness (QED) is 0.0112. The van der Waals surface area contributed by atoms with Gasteiger partial charge in [0, 0.05) is 72.8 Å². The number of carbonyl (C=O) groups is 2. The van der Waals surface area contributed by atoms with Gasteiger partial charge in [-0.2, -0.15) is 21.0 Å². The number of rotatable bonds is 26. The topological polar surface area (TPSA) is 356 Å². The standard InChI is InChI=1S/C15H21N3.C14H20N2OS.C10H12N2.C10H8NO.C9H9BrO.2C7H15NO.C5H9N.C4H11NOS.2ClH/c1-3-5-9-15(17)18-14(4-2)13-8-6-7-12(10-13)11-16;1-5-13(16-18(17)14(2,3)4)12-8-6-7-11(9-12)10-15;2*1-2-10(12)9-5-3-4-8(6-9)7-11;1-2-9(11)7-4-3-5-8(10)6-7;2*1-3-5-6-7(8)9-4-2;1-2-3-4-5-6;1-4(2,3)7(5)6;;/h6-8,10,14H,3-5,9H2,1-2H3,(H2,17,18);6-9,13,16H,5H2,1-4H3;3-6,10H,2,12H2,1H3;3,5-6H,2H2,1H3;3-6H,2H2,1H3;2*8H,3-6H2,1-2H3;2-4H2,1H3;5H2,1-3H3;2*1H/q;;;+1;;;;;;;/t14-;13-,18-;10-;;;;;;7-;;/m000.....0../s1. The number of aliphatic imine (C=N–C) groups is 1. The van der Waals surface area contributed by atoms with Gasteiger partial charge in [0.25, 0.3) is 0 Å². The van der Waals surface area contributed by atoms with Crippen molar-refractivity contribution >= 4 is 91.9 Å². The SMILES string of the molecule is CC(C)(C)[S@@](N)=O.CCC(=O)C1=CC(C#N)=[C+]C=C1.CCC(=O)c1cccc(Br)c1.CCCCC#N.CCCCC(=N)OCC.CCCCC(=N)OCC.CCCCC(N)=N[C@@H](CC)c1cccc(C#N)c1.CC[C@H](N)c1cccc(C#N)c1.CC[C@H](N[S@@](=O)C(C)(C)C)c1cccc(C#N)c1.Cl.Cl. The third kappa shape index (κ3) is 55.9. The Bertz CT molecular complexity index is 3440. The highest BCUT2D eigenvalue weighted by Crippen LogP contribution is 2.24. The molecular formula is C81H122BrCl2N12O6S2+. The van der Waals surface area contributed by atoms with E-state index in [1.807, 2.05) is 161 Å². The largest absolute Gasteiger partial charge is 0.481 e. The van der Waals surface area contributed by atoms with Crippen molar-refractivity contribution in [1.29, 1.82) is 37.1 Å². The summed E-state index contributed by atoms with van der Waals surface area (Å²) in [6.07, 6.45) is 23.2. The molecule has 1 aliphatic rings. The third-order valence-electron chi connectivity index (χ3n) is 13.8. The van der Waals surface area contributed by atoms with Gasteiger partial charge in [0.1, 0.15) is 5.57 Å². The molecule has 0 unspecified atom stereocenters. The molecule has 574 valence electrons. The fraction of sp³-hybridized carbons (Fsp3) is 0.506. The first-order valence-corrected chi connectivity index (χ1v) is 38.4. The number of nitrogens with zero attached hydrogens (tertiary/aromatic N) is 6. The van der Waals surface area contributed by atoms with Gasteiger partial charge in [0.05, 0.1) is 110 Å². The highest BCUT2D eigenvalue weighted by atomic mass is 79.9. The van der Waals surface area contributed by atoms with Crippen molar-refractivity contribution in [1.82, 2.24) is 4.72 Å². The van der Waals surface area contributed by atoms with Crippen LogP contribution in [0.5, 0.6) is 0 Å². The van der Waals surface area contributed by atoms with E-state index >= 15 is 0 Å². The average Bonchev–Trinajstić information content (AvgIpc) is 0.838. The number of benzene rings is 4. The second kappa shape index (κ2) is 67.3. The Morgan fingerprint density at radius 2 is 1.05 bits per heavy atom. The summed E-state index contributed by atoms with van der Waals surface area (Å²) < 4.78 is 35.9. The van der Waals surface area contributed by atoms with Crippen LogP contribution in [0.25, 0.3) is 0 Å². The minimum Gasteiger partial charge on any atom is -0.481 e. The molecule has 0 bridgehead atoms. The summed E-state index contributed by atoms with van der Waals surface area (Å²) >= 11 is 3.31. The molecule has 5 atom stereocenters. The van der Waals surface area contributed by atoms with Crippen LogP contribution in [0, 0.1) is 73.6 Å². The van der Waals surface area contributed by atoms with Crippen LogP contribution in [0.1, 0.15) is 289 Å². The number of nitrogens with two attached hydrogens (primary N) is 3. The molecule has 0 aliphatic heterocycles. The molecule has 1 aliphatic carbocycles. The van der Waals surface area contributed by atoms with E-state index < -0.39 is 22.0 Å². The van der Waals surface area contributed by atoms with Crippen LogP contribution in [0.4, 0.5) is 0 Å². The molecule has 0 radical (unpaired) electrons. The summed E-state index contributed by atoms with van der Waals surface area (Å²) in [6, 6.07) is 40.4. The van der Waals surface area contributed by atoms with Crippen molar-refractivity contribution in [3.8, 4) is 30.3 Å². The Kier molecular flexibility index (Phi) is 69.5. The summed E-state index contributed by atoms with van der Waals surface area (Å²) in [6.45, 7) is 34.6. The number of halogens is 3. The smallest absolute Gasteiger partial charge is 0.235 e. The second-order valence-corrected chi connectivity index (χ2v) is 29.3. The van der Waals surface area contributed by atoms with E-state index in [1.54, 1.807) is 43.4 Å². The van der Waals surface area contributed by atoms with Gasteiger partial charge in [-0.05, 0) is 166 Å². The van der Waals surface area contributed by atoms with E-state index in [0.29, 0.717) is 71.5 Å². The summed E-state index contributed by atoms with van der Waals surface area (Å²) in [7, 11) is -2.29. The second-order valence-electron chi connectivity index (χ2n) is 24.6. The van der Waals surface area contributed by atoms with Gasteiger partial charge in [-0.25, -0.2) is 13.1 Å². The number of hydrogen-bond donors (Lipinski definition) is 6. The first-order chi connectivity index (χ1) is 48.3. The molecule has 4 aromatic rings. The van der Waals surface area contributed by atoms with E-state index in [1.165, 1.54) is 0 Å². The van der Waals surface area contributed by atoms with Gasteiger partial charge in [-0.3, -0.25) is 30.5 Å². The molecule has 0 amide bonds. The summed E-state index contributed by atoms with van der Waals surface area (Å²) in [5.41, 5.74) is 18.6. The fourth-order valence-corrected chi connectivity index (χ4v) is 8.94. The molecule has 0 saturated carbocycles. The minimum atomic E-state index is -1.18.